The van der Waals surface area contributed by atoms with Gasteiger partial charge in [0.15, 0.2) is 0 Å². The molecule has 1 N–H and O–H groups in total. The van der Waals surface area contributed by atoms with E-state index in [-0.39, 0.29) is 6.61 Å². The molecule has 0 bridgehead atoms. The zero-order valence-corrected chi connectivity index (χ0v) is 5.72. The largest absolute Gasteiger partial charge is 0.384 e. The molecule has 0 aromatic rings. The van der Waals surface area contributed by atoms with Crippen LogP contribution in [0.4, 0.5) is 0 Å². The summed E-state index contributed by atoms with van der Waals surface area (Å²) in [6.07, 6.45) is 5.88. The fraction of sp³-hybridized carbons (Fsp3) is 0.500. The molecule has 9 heavy (non-hydrogen) atoms. The number of allylic oxidation sites excluding steroid dienone is 2. The van der Waals surface area contributed by atoms with Crippen LogP contribution in [-0.4, -0.2) is 11.7 Å². The lowest BCUT2D eigenvalue weighted by Crippen LogP contribution is -1.69. The van der Waals surface area contributed by atoms with E-state index >= 15 is 0 Å². The molecule has 0 fully saturated rings. The van der Waals surface area contributed by atoms with E-state index in [1.807, 2.05) is 6.08 Å². The van der Waals surface area contributed by atoms with Gasteiger partial charge in [-0.3, -0.25) is 0 Å². The Balaban J connectivity index is 3.18. The lowest BCUT2D eigenvalue weighted by molar-refractivity contribution is 0.350. The van der Waals surface area contributed by atoms with E-state index in [9.17, 15) is 0 Å². The zero-order chi connectivity index (χ0) is 6.95. The molecule has 0 saturated carbocycles. The molecule has 0 amide bonds. The van der Waals surface area contributed by atoms with E-state index in [0.717, 1.165) is 12.8 Å². The smallest absolute Gasteiger partial charge is 0.104 e. The third kappa shape index (κ3) is 7.26. The molecule has 0 aliphatic heterocycles. The summed E-state index contributed by atoms with van der Waals surface area (Å²) in [7, 11) is 0. The summed E-state index contributed by atoms with van der Waals surface area (Å²) in [4.78, 5) is 0. The maximum Gasteiger partial charge on any atom is 0.104 e. The highest BCUT2D eigenvalue weighted by atomic mass is 16.2. The molecule has 0 atom stereocenters. The van der Waals surface area contributed by atoms with Crippen LogP contribution in [0.1, 0.15) is 19.8 Å². The summed E-state index contributed by atoms with van der Waals surface area (Å²) in [5.74, 6) is 5.34. The first-order chi connectivity index (χ1) is 4.41. The maximum atomic E-state index is 8.23. The lowest BCUT2D eigenvalue weighted by Gasteiger charge is -1.75. The normalized spacial score (nSPS) is 9.11. The van der Waals surface area contributed by atoms with Gasteiger partial charge in [0, 0.05) is 6.42 Å². The van der Waals surface area contributed by atoms with Crippen molar-refractivity contribution in [2.45, 2.75) is 19.8 Å². The van der Waals surface area contributed by atoms with Crippen LogP contribution in [0.5, 0.6) is 0 Å². The van der Waals surface area contributed by atoms with Gasteiger partial charge in [0.1, 0.15) is 6.61 Å². The minimum Gasteiger partial charge on any atom is -0.384 e. The van der Waals surface area contributed by atoms with E-state index in [0.29, 0.717) is 0 Å². The molecule has 50 valence electrons. The van der Waals surface area contributed by atoms with Gasteiger partial charge in [0.05, 0.1) is 0 Å². The van der Waals surface area contributed by atoms with E-state index in [1.165, 1.54) is 0 Å². The van der Waals surface area contributed by atoms with Crippen molar-refractivity contribution in [3.63, 3.8) is 0 Å². The van der Waals surface area contributed by atoms with Gasteiger partial charge in [-0.25, -0.2) is 0 Å². The lowest BCUT2D eigenvalue weighted by atomic mass is 10.3. The zero-order valence-electron chi connectivity index (χ0n) is 5.72. The van der Waals surface area contributed by atoms with Crippen molar-refractivity contribution >= 4 is 0 Å². The van der Waals surface area contributed by atoms with E-state index < -0.39 is 0 Å². The second-order valence-electron chi connectivity index (χ2n) is 1.60. The molecule has 0 aromatic heterocycles. The molecule has 1 heteroatoms. The Morgan fingerprint density at radius 1 is 1.33 bits per heavy atom. The predicted octanol–water partition coefficient (Wildman–Crippen LogP) is 1.34. The van der Waals surface area contributed by atoms with Crippen LogP contribution in [0.2, 0.25) is 0 Å². The van der Waals surface area contributed by atoms with E-state index in [1.54, 1.807) is 0 Å². The van der Waals surface area contributed by atoms with Crippen molar-refractivity contribution in [3.05, 3.63) is 12.2 Å². The number of rotatable bonds is 2. The molecule has 0 unspecified atom stereocenters. The number of aliphatic hydroxyl groups is 1. The third-order valence-electron chi connectivity index (χ3n) is 0.826. The van der Waals surface area contributed by atoms with Crippen LogP contribution in [0.25, 0.3) is 0 Å². The summed E-state index contributed by atoms with van der Waals surface area (Å²) < 4.78 is 0. The van der Waals surface area contributed by atoms with Gasteiger partial charge < -0.3 is 5.11 Å². The van der Waals surface area contributed by atoms with Crippen molar-refractivity contribution in [2.24, 2.45) is 0 Å². The average Bonchev–Trinajstić information content (AvgIpc) is 1.89. The van der Waals surface area contributed by atoms with Crippen LogP contribution in [0.15, 0.2) is 12.2 Å². The standard InChI is InChI=1S/C8H12O/c1-2-3-4-5-6-7-8-9/h3-4,9H,2,5,8H2,1H3/b4-3-. The topological polar surface area (TPSA) is 20.2 Å². The number of hydrogen-bond acceptors (Lipinski definition) is 1. The Bertz CT molecular complexity index is 125. The van der Waals surface area contributed by atoms with Gasteiger partial charge in [-0.2, -0.15) is 0 Å². The van der Waals surface area contributed by atoms with Crippen LogP contribution in [0, 0.1) is 11.8 Å². The monoisotopic (exact) mass is 124 g/mol. The maximum absolute atomic E-state index is 8.23. The molecule has 0 spiro atoms. The second kappa shape index (κ2) is 7.26. The van der Waals surface area contributed by atoms with E-state index in [4.69, 9.17) is 5.11 Å². The third-order valence-corrected chi connectivity index (χ3v) is 0.826. The molecular weight excluding hydrogens is 112 g/mol. The second-order valence-corrected chi connectivity index (χ2v) is 1.60. The van der Waals surface area contributed by atoms with Gasteiger partial charge >= 0.3 is 0 Å². The van der Waals surface area contributed by atoms with Gasteiger partial charge in [-0.1, -0.05) is 30.9 Å². The molecule has 1 nitrogen and oxygen atoms in total. The molecular formula is C8H12O. The highest BCUT2D eigenvalue weighted by molar-refractivity contribution is 5.04. The van der Waals surface area contributed by atoms with Gasteiger partial charge in [-0.05, 0) is 6.42 Å². The quantitative estimate of drug-likeness (QED) is 0.435. The highest BCUT2D eigenvalue weighted by Crippen LogP contribution is 1.82. The van der Waals surface area contributed by atoms with Crippen LogP contribution in [0.3, 0.4) is 0 Å². The Hall–Kier alpha value is -0.740. The first kappa shape index (κ1) is 8.26. The van der Waals surface area contributed by atoms with Crippen LogP contribution in [-0.2, 0) is 0 Å². The molecule has 0 aliphatic carbocycles. The number of hydrogen-bond donors (Lipinski definition) is 1. The summed E-state index contributed by atoms with van der Waals surface area (Å²) in [6, 6.07) is 0. The summed E-state index contributed by atoms with van der Waals surface area (Å²) in [5.41, 5.74) is 0. The van der Waals surface area contributed by atoms with E-state index in [2.05, 4.69) is 24.8 Å². The van der Waals surface area contributed by atoms with Crippen molar-refractivity contribution in [1.29, 1.82) is 0 Å². The SMILES string of the molecule is CC/C=C\CC#CCO. The highest BCUT2D eigenvalue weighted by Gasteiger charge is 1.66. The van der Waals surface area contributed by atoms with Crippen LogP contribution < -0.4 is 0 Å². The average molecular weight is 124 g/mol. The van der Waals surface area contributed by atoms with Crippen molar-refractivity contribution in [2.75, 3.05) is 6.61 Å². The Morgan fingerprint density at radius 2 is 2.11 bits per heavy atom. The summed E-state index contributed by atoms with van der Waals surface area (Å²) in [6.45, 7) is 2.05. The van der Waals surface area contributed by atoms with Crippen molar-refractivity contribution < 1.29 is 5.11 Å². The Kier molecular flexibility index (Phi) is 6.66. The fourth-order valence-corrected chi connectivity index (χ4v) is 0.437. The van der Waals surface area contributed by atoms with Crippen molar-refractivity contribution in [3.8, 4) is 11.8 Å². The van der Waals surface area contributed by atoms with Gasteiger partial charge in [0.25, 0.3) is 0 Å². The first-order valence-electron chi connectivity index (χ1n) is 3.13. The van der Waals surface area contributed by atoms with Crippen molar-refractivity contribution in [1.82, 2.24) is 0 Å². The summed E-state index contributed by atoms with van der Waals surface area (Å²) in [5, 5.41) is 8.23. The number of aliphatic hydroxyl groups excluding tert-OH is 1. The van der Waals surface area contributed by atoms with Gasteiger partial charge in [-0.15, -0.1) is 0 Å². The molecule has 0 aromatic carbocycles. The Morgan fingerprint density at radius 3 is 2.67 bits per heavy atom. The summed E-state index contributed by atoms with van der Waals surface area (Å²) >= 11 is 0. The molecule has 0 rings (SSSR count). The molecule has 0 aliphatic rings. The van der Waals surface area contributed by atoms with Crippen LogP contribution >= 0.6 is 0 Å². The minimum atomic E-state index is -0.0278. The predicted molar refractivity (Wildman–Crippen MR) is 38.9 cm³/mol. The molecule has 0 heterocycles. The molecule has 0 radical (unpaired) electrons. The fourth-order valence-electron chi connectivity index (χ4n) is 0.437. The Labute approximate surface area is 56.4 Å². The van der Waals surface area contributed by atoms with Gasteiger partial charge in [0.2, 0.25) is 0 Å². The first-order valence-corrected chi connectivity index (χ1v) is 3.13. The minimum absolute atomic E-state index is 0.0278. The molecule has 0 saturated heterocycles.